The van der Waals surface area contributed by atoms with Crippen LogP contribution >= 0.6 is 0 Å². The molecule has 1 aromatic carbocycles. The molecule has 1 unspecified atom stereocenters. The number of sulfonamides is 1. The molecule has 1 fully saturated rings. The van der Waals surface area contributed by atoms with Crippen LogP contribution in [0.1, 0.15) is 16.8 Å². The van der Waals surface area contributed by atoms with Crippen LogP contribution in [0.2, 0.25) is 0 Å². The fourth-order valence-electron chi connectivity index (χ4n) is 2.18. The lowest BCUT2D eigenvalue weighted by Crippen LogP contribution is -2.29. The molecule has 0 saturated carbocycles. The summed E-state index contributed by atoms with van der Waals surface area (Å²) in [5.74, 6) is -0.0598. The lowest BCUT2D eigenvalue weighted by Gasteiger charge is -2.16. The van der Waals surface area contributed by atoms with Crippen molar-refractivity contribution in [1.29, 1.82) is 0 Å². The SMILES string of the molecule is COC1CCN(C(=O)c2ccc(NS(C)(=O)=O)cc2)C1. The summed E-state index contributed by atoms with van der Waals surface area (Å²) in [5, 5.41) is 0. The van der Waals surface area contributed by atoms with Gasteiger partial charge in [0.1, 0.15) is 0 Å². The van der Waals surface area contributed by atoms with Crippen molar-refractivity contribution in [3.05, 3.63) is 29.8 Å². The Labute approximate surface area is 118 Å². The Hall–Kier alpha value is -1.60. The zero-order valence-electron chi connectivity index (χ0n) is 11.5. The van der Waals surface area contributed by atoms with Gasteiger partial charge >= 0.3 is 0 Å². The number of benzene rings is 1. The number of hydrogen-bond donors (Lipinski definition) is 1. The number of nitrogens with one attached hydrogen (secondary N) is 1. The van der Waals surface area contributed by atoms with Gasteiger partial charge in [-0.1, -0.05) is 0 Å². The minimum absolute atomic E-state index is 0.0598. The standard InChI is InChI=1S/C13H18N2O4S/c1-19-12-7-8-15(9-12)13(16)10-3-5-11(6-4-10)14-20(2,17)18/h3-6,12,14H,7-9H2,1-2H3. The summed E-state index contributed by atoms with van der Waals surface area (Å²) in [5.41, 5.74) is 0.987. The predicted octanol–water partition coefficient (Wildman–Crippen LogP) is 0.919. The summed E-state index contributed by atoms with van der Waals surface area (Å²) in [6.45, 7) is 1.28. The quantitative estimate of drug-likeness (QED) is 0.897. The minimum atomic E-state index is -3.30. The number of anilines is 1. The third-order valence-corrected chi connectivity index (χ3v) is 3.81. The molecule has 1 aliphatic rings. The molecule has 7 heteroatoms. The molecule has 0 aliphatic carbocycles. The van der Waals surface area contributed by atoms with Crippen molar-refractivity contribution in [1.82, 2.24) is 4.90 Å². The Bertz CT molecular complexity index is 583. The monoisotopic (exact) mass is 298 g/mol. The molecule has 0 spiro atoms. The first-order chi connectivity index (χ1) is 9.39. The molecule has 1 heterocycles. The average molecular weight is 298 g/mol. The summed E-state index contributed by atoms with van der Waals surface area (Å²) in [6.07, 6.45) is 2.03. The molecule has 6 nitrogen and oxygen atoms in total. The maximum atomic E-state index is 12.2. The predicted molar refractivity (Wildman–Crippen MR) is 76.2 cm³/mol. The molecular weight excluding hydrogens is 280 g/mol. The second-order valence-electron chi connectivity index (χ2n) is 4.85. The van der Waals surface area contributed by atoms with E-state index in [2.05, 4.69) is 4.72 Å². The molecule has 1 saturated heterocycles. The molecular formula is C13H18N2O4S. The van der Waals surface area contributed by atoms with Crippen molar-refractivity contribution >= 4 is 21.6 Å². The molecule has 1 aromatic rings. The third-order valence-electron chi connectivity index (χ3n) is 3.20. The maximum absolute atomic E-state index is 12.2. The largest absolute Gasteiger partial charge is 0.380 e. The Morgan fingerprint density at radius 1 is 1.35 bits per heavy atom. The van der Waals surface area contributed by atoms with E-state index < -0.39 is 10.0 Å². The van der Waals surface area contributed by atoms with Gasteiger partial charge in [-0.05, 0) is 30.7 Å². The highest BCUT2D eigenvalue weighted by atomic mass is 32.2. The molecule has 1 atom stereocenters. The van der Waals surface area contributed by atoms with Crippen molar-refractivity contribution in [2.24, 2.45) is 0 Å². The van der Waals surface area contributed by atoms with E-state index in [0.29, 0.717) is 24.3 Å². The zero-order valence-corrected chi connectivity index (χ0v) is 12.3. The number of ether oxygens (including phenoxy) is 1. The number of likely N-dealkylation sites (tertiary alicyclic amines) is 1. The topological polar surface area (TPSA) is 75.7 Å². The summed E-state index contributed by atoms with van der Waals surface area (Å²) >= 11 is 0. The molecule has 0 bridgehead atoms. The fraction of sp³-hybridized carbons (Fsp3) is 0.462. The number of carbonyl (C=O) groups is 1. The average Bonchev–Trinajstić information content (AvgIpc) is 2.85. The van der Waals surface area contributed by atoms with Crippen LogP contribution in [0.3, 0.4) is 0 Å². The highest BCUT2D eigenvalue weighted by Crippen LogP contribution is 2.17. The van der Waals surface area contributed by atoms with Gasteiger partial charge in [0, 0.05) is 31.5 Å². The lowest BCUT2D eigenvalue weighted by molar-refractivity contribution is 0.0724. The Balaban J connectivity index is 2.05. The van der Waals surface area contributed by atoms with Crippen molar-refractivity contribution in [2.75, 3.05) is 31.2 Å². The van der Waals surface area contributed by atoms with Crippen LogP contribution in [0, 0.1) is 0 Å². The van der Waals surface area contributed by atoms with Crippen LogP contribution in [0.25, 0.3) is 0 Å². The van der Waals surface area contributed by atoms with E-state index in [0.717, 1.165) is 12.7 Å². The Morgan fingerprint density at radius 2 is 2.00 bits per heavy atom. The van der Waals surface area contributed by atoms with E-state index >= 15 is 0 Å². The van der Waals surface area contributed by atoms with Gasteiger partial charge in [-0.15, -0.1) is 0 Å². The van der Waals surface area contributed by atoms with E-state index in [1.165, 1.54) is 0 Å². The first kappa shape index (κ1) is 14.8. The van der Waals surface area contributed by atoms with Gasteiger partial charge in [-0.25, -0.2) is 8.42 Å². The highest BCUT2D eigenvalue weighted by Gasteiger charge is 2.26. The van der Waals surface area contributed by atoms with Crippen LogP contribution < -0.4 is 4.72 Å². The summed E-state index contributed by atoms with van der Waals surface area (Å²) in [7, 11) is -1.66. The minimum Gasteiger partial charge on any atom is -0.380 e. The van der Waals surface area contributed by atoms with Gasteiger partial charge in [0.05, 0.1) is 12.4 Å². The van der Waals surface area contributed by atoms with E-state index in [-0.39, 0.29) is 12.0 Å². The molecule has 1 amide bonds. The van der Waals surface area contributed by atoms with Crippen molar-refractivity contribution in [3.63, 3.8) is 0 Å². The molecule has 1 N–H and O–H groups in total. The maximum Gasteiger partial charge on any atom is 0.253 e. The molecule has 2 rings (SSSR count). The van der Waals surface area contributed by atoms with Gasteiger partial charge in [0.15, 0.2) is 0 Å². The van der Waals surface area contributed by atoms with Gasteiger partial charge in [0.25, 0.3) is 5.91 Å². The first-order valence-electron chi connectivity index (χ1n) is 6.29. The highest BCUT2D eigenvalue weighted by molar-refractivity contribution is 7.92. The number of nitrogens with zero attached hydrogens (tertiary/aromatic N) is 1. The Kier molecular flexibility index (Phi) is 4.29. The van der Waals surface area contributed by atoms with Gasteiger partial charge in [-0.3, -0.25) is 9.52 Å². The molecule has 110 valence electrons. The number of amides is 1. The fourth-order valence-corrected chi connectivity index (χ4v) is 2.75. The third kappa shape index (κ3) is 3.71. The van der Waals surface area contributed by atoms with Crippen LogP contribution in [-0.2, 0) is 14.8 Å². The zero-order chi connectivity index (χ0) is 14.8. The second-order valence-corrected chi connectivity index (χ2v) is 6.60. The summed E-state index contributed by atoms with van der Waals surface area (Å²) in [6, 6.07) is 6.41. The van der Waals surface area contributed by atoms with Gasteiger partial charge < -0.3 is 9.64 Å². The van der Waals surface area contributed by atoms with Gasteiger partial charge in [-0.2, -0.15) is 0 Å². The van der Waals surface area contributed by atoms with E-state index in [9.17, 15) is 13.2 Å². The number of hydrogen-bond acceptors (Lipinski definition) is 4. The normalized spacial score (nSPS) is 19.1. The smallest absolute Gasteiger partial charge is 0.253 e. The Morgan fingerprint density at radius 3 is 2.50 bits per heavy atom. The molecule has 0 radical (unpaired) electrons. The van der Waals surface area contributed by atoms with Crippen molar-refractivity contribution in [2.45, 2.75) is 12.5 Å². The van der Waals surface area contributed by atoms with Crippen molar-refractivity contribution in [3.8, 4) is 0 Å². The number of carbonyl (C=O) groups excluding carboxylic acids is 1. The lowest BCUT2D eigenvalue weighted by atomic mass is 10.2. The van der Waals surface area contributed by atoms with Crippen LogP contribution in [0.4, 0.5) is 5.69 Å². The number of rotatable bonds is 4. The van der Waals surface area contributed by atoms with E-state index in [4.69, 9.17) is 4.74 Å². The van der Waals surface area contributed by atoms with Crippen LogP contribution in [0.5, 0.6) is 0 Å². The summed E-state index contributed by atoms with van der Waals surface area (Å²) < 4.78 is 29.8. The number of methoxy groups -OCH3 is 1. The molecule has 20 heavy (non-hydrogen) atoms. The molecule has 0 aromatic heterocycles. The second kappa shape index (κ2) is 5.80. The van der Waals surface area contributed by atoms with E-state index in [1.54, 1.807) is 36.3 Å². The first-order valence-corrected chi connectivity index (χ1v) is 8.18. The molecule has 1 aliphatic heterocycles. The van der Waals surface area contributed by atoms with Gasteiger partial charge in [0.2, 0.25) is 10.0 Å². The summed E-state index contributed by atoms with van der Waals surface area (Å²) in [4.78, 5) is 14.0. The van der Waals surface area contributed by atoms with Crippen LogP contribution in [0.15, 0.2) is 24.3 Å². The van der Waals surface area contributed by atoms with E-state index in [1.807, 2.05) is 0 Å². The van der Waals surface area contributed by atoms with Crippen LogP contribution in [-0.4, -0.2) is 51.8 Å². The van der Waals surface area contributed by atoms with Crippen molar-refractivity contribution < 1.29 is 17.9 Å².